The van der Waals surface area contributed by atoms with Gasteiger partial charge in [-0.3, -0.25) is 9.59 Å². The summed E-state index contributed by atoms with van der Waals surface area (Å²) < 4.78 is 15.5. The van der Waals surface area contributed by atoms with E-state index < -0.39 is 5.92 Å². The van der Waals surface area contributed by atoms with Crippen LogP contribution in [0.15, 0.2) is 24.3 Å². The maximum Gasteiger partial charge on any atom is 0.310 e. The Kier molecular flexibility index (Phi) is 10.3. The number of carbonyl (C=O) groups is 2. The second kappa shape index (κ2) is 12.3. The average Bonchev–Trinajstić information content (AvgIpc) is 2.67. The van der Waals surface area contributed by atoms with Crippen LogP contribution in [0.4, 0.5) is 0 Å². The normalized spacial score (nSPS) is 11.7. The van der Waals surface area contributed by atoms with Crippen molar-refractivity contribution in [3.05, 3.63) is 29.8 Å². The molecule has 7 nitrogen and oxygen atoms in total. The number of aliphatic hydroxyl groups excluding tert-OH is 1. The van der Waals surface area contributed by atoms with Crippen LogP contribution in [0.5, 0.6) is 5.75 Å². The van der Waals surface area contributed by atoms with E-state index in [0.717, 1.165) is 6.42 Å². The lowest BCUT2D eigenvalue weighted by Gasteiger charge is -2.25. The molecule has 26 heavy (non-hydrogen) atoms. The fourth-order valence-electron chi connectivity index (χ4n) is 2.32. The smallest absolute Gasteiger partial charge is 0.310 e. The van der Waals surface area contributed by atoms with E-state index in [2.05, 4.69) is 6.92 Å². The van der Waals surface area contributed by atoms with Crippen molar-refractivity contribution in [2.45, 2.75) is 20.3 Å². The monoisotopic (exact) mass is 367 g/mol. The summed E-state index contributed by atoms with van der Waals surface area (Å²) >= 11 is 0. The molecule has 1 unspecified atom stereocenters. The highest BCUT2D eigenvalue weighted by atomic mass is 16.5. The number of ether oxygens (including phenoxy) is 3. The Balaban J connectivity index is 2.60. The number of nitrogens with zero attached hydrogens (tertiary/aromatic N) is 1. The van der Waals surface area contributed by atoms with Gasteiger partial charge in [0.2, 0.25) is 0 Å². The third-order valence-electron chi connectivity index (χ3n) is 3.89. The number of carbonyl (C=O) groups excluding carboxylic acids is 2. The molecule has 7 heteroatoms. The fraction of sp³-hybridized carbons (Fsp3) is 0.579. The molecular weight excluding hydrogens is 338 g/mol. The van der Waals surface area contributed by atoms with Crippen LogP contribution < -0.4 is 4.74 Å². The Bertz CT molecular complexity index is 545. The second-order valence-electron chi connectivity index (χ2n) is 5.89. The van der Waals surface area contributed by atoms with Gasteiger partial charge in [0.25, 0.3) is 5.91 Å². The minimum atomic E-state index is -0.453. The number of methoxy groups -OCH3 is 1. The van der Waals surface area contributed by atoms with E-state index in [1.54, 1.807) is 6.92 Å². The molecule has 0 aliphatic carbocycles. The third-order valence-corrected chi connectivity index (χ3v) is 3.89. The van der Waals surface area contributed by atoms with E-state index in [-0.39, 0.29) is 44.8 Å². The molecule has 0 bridgehead atoms. The Morgan fingerprint density at radius 2 is 1.88 bits per heavy atom. The minimum absolute atomic E-state index is 0.0800. The summed E-state index contributed by atoms with van der Waals surface area (Å²) in [5.74, 6) is -0.457. The van der Waals surface area contributed by atoms with E-state index in [1.165, 1.54) is 17.6 Å². The van der Waals surface area contributed by atoms with E-state index in [9.17, 15) is 9.59 Å². The quantitative estimate of drug-likeness (QED) is 0.442. The molecule has 0 heterocycles. The zero-order valence-electron chi connectivity index (χ0n) is 15.8. The van der Waals surface area contributed by atoms with Crippen molar-refractivity contribution in [3.8, 4) is 5.75 Å². The van der Waals surface area contributed by atoms with Crippen molar-refractivity contribution in [1.29, 1.82) is 0 Å². The number of aryl methyl sites for hydroxylation is 1. The predicted octanol–water partition coefficient (Wildman–Crippen LogP) is 1.27. The number of aliphatic hydroxyl groups is 1. The Morgan fingerprint density at radius 3 is 2.46 bits per heavy atom. The summed E-state index contributed by atoms with van der Waals surface area (Å²) in [6.07, 6.45) is 0.937. The number of hydrogen-bond donors (Lipinski definition) is 1. The van der Waals surface area contributed by atoms with Crippen LogP contribution in [0.1, 0.15) is 19.4 Å². The van der Waals surface area contributed by atoms with Crippen LogP contribution in [0.25, 0.3) is 0 Å². The Hall–Kier alpha value is -2.12. The zero-order valence-corrected chi connectivity index (χ0v) is 15.8. The van der Waals surface area contributed by atoms with Crippen molar-refractivity contribution in [1.82, 2.24) is 4.90 Å². The first-order valence-electron chi connectivity index (χ1n) is 8.77. The van der Waals surface area contributed by atoms with Gasteiger partial charge in [-0.25, -0.2) is 0 Å². The molecule has 146 valence electrons. The molecule has 0 fully saturated rings. The highest BCUT2D eigenvalue weighted by molar-refractivity contribution is 5.79. The first-order chi connectivity index (χ1) is 12.5. The van der Waals surface area contributed by atoms with E-state index in [0.29, 0.717) is 12.3 Å². The van der Waals surface area contributed by atoms with Crippen molar-refractivity contribution < 1.29 is 28.9 Å². The average molecular weight is 367 g/mol. The molecule has 0 aliphatic rings. The second-order valence-corrected chi connectivity index (χ2v) is 5.89. The molecule has 1 rings (SSSR count). The van der Waals surface area contributed by atoms with Crippen LogP contribution >= 0.6 is 0 Å². The van der Waals surface area contributed by atoms with Crippen LogP contribution in [0.3, 0.4) is 0 Å². The van der Waals surface area contributed by atoms with Gasteiger partial charge in [-0.05, 0) is 24.1 Å². The summed E-state index contributed by atoms with van der Waals surface area (Å²) in [5, 5.41) is 8.75. The first kappa shape index (κ1) is 21.9. The van der Waals surface area contributed by atoms with Gasteiger partial charge in [0.05, 0.1) is 32.8 Å². The number of hydrogen-bond acceptors (Lipinski definition) is 6. The zero-order chi connectivity index (χ0) is 19.4. The van der Waals surface area contributed by atoms with Gasteiger partial charge in [0, 0.05) is 13.1 Å². The molecule has 0 spiro atoms. The van der Waals surface area contributed by atoms with Gasteiger partial charge >= 0.3 is 5.97 Å². The predicted molar refractivity (Wildman–Crippen MR) is 97.0 cm³/mol. The lowest BCUT2D eigenvalue weighted by atomic mass is 10.1. The molecule has 0 saturated heterocycles. The van der Waals surface area contributed by atoms with Gasteiger partial charge in [0.1, 0.15) is 5.75 Å². The lowest BCUT2D eigenvalue weighted by Crippen LogP contribution is -2.41. The molecular formula is C19H29NO6. The summed E-state index contributed by atoms with van der Waals surface area (Å²) in [6.45, 7) is 4.55. The molecule has 0 aromatic heterocycles. The number of rotatable bonds is 12. The maximum absolute atomic E-state index is 12.5. The van der Waals surface area contributed by atoms with Gasteiger partial charge in [-0.15, -0.1) is 0 Å². The standard InChI is InChI=1S/C19H29NO6/c1-4-16-5-7-17(8-6-16)26-14-18(22)20(9-11-25-12-10-21)13-15(2)19(23)24-3/h5-8,15,21H,4,9-14H2,1-3H3. The van der Waals surface area contributed by atoms with Gasteiger partial charge < -0.3 is 24.2 Å². The first-order valence-corrected chi connectivity index (χ1v) is 8.77. The van der Waals surface area contributed by atoms with Crippen LogP contribution in [-0.4, -0.2) is 68.5 Å². The number of esters is 1. The molecule has 0 radical (unpaired) electrons. The van der Waals surface area contributed by atoms with Crippen LogP contribution in [0.2, 0.25) is 0 Å². The Morgan fingerprint density at radius 1 is 1.19 bits per heavy atom. The van der Waals surface area contributed by atoms with Crippen LogP contribution in [0, 0.1) is 5.92 Å². The molecule has 1 aromatic carbocycles. The fourth-order valence-corrected chi connectivity index (χ4v) is 2.32. The third kappa shape index (κ3) is 7.84. The van der Waals surface area contributed by atoms with E-state index >= 15 is 0 Å². The summed E-state index contributed by atoms with van der Waals surface area (Å²) in [7, 11) is 1.32. The molecule has 1 N–H and O–H groups in total. The lowest BCUT2D eigenvalue weighted by molar-refractivity contribution is -0.147. The summed E-state index contributed by atoms with van der Waals surface area (Å²) in [4.78, 5) is 25.6. The van der Waals surface area contributed by atoms with E-state index in [1.807, 2.05) is 24.3 Å². The van der Waals surface area contributed by atoms with Crippen molar-refractivity contribution in [3.63, 3.8) is 0 Å². The van der Waals surface area contributed by atoms with Crippen LogP contribution in [-0.2, 0) is 25.5 Å². The van der Waals surface area contributed by atoms with Crippen molar-refractivity contribution >= 4 is 11.9 Å². The summed E-state index contributed by atoms with van der Waals surface area (Å²) in [5.41, 5.74) is 1.19. The molecule has 1 amide bonds. The Labute approximate surface area is 154 Å². The molecule has 0 aliphatic heterocycles. The largest absolute Gasteiger partial charge is 0.484 e. The number of benzene rings is 1. The summed E-state index contributed by atoms with van der Waals surface area (Å²) in [6, 6.07) is 7.58. The van der Waals surface area contributed by atoms with Gasteiger partial charge in [-0.2, -0.15) is 0 Å². The molecule has 1 atom stereocenters. The topological polar surface area (TPSA) is 85.3 Å². The molecule has 1 aromatic rings. The van der Waals surface area contributed by atoms with Gasteiger partial charge in [-0.1, -0.05) is 26.0 Å². The molecule has 0 saturated carbocycles. The SMILES string of the molecule is CCc1ccc(OCC(=O)N(CCOCCO)CC(C)C(=O)OC)cc1. The number of amides is 1. The minimum Gasteiger partial charge on any atom is -0.484 e. The van der Waals surface area contributed by atoms with E-state index in [4.69, 9.17) is 19.3 Å². The van der Waals surface area contributed by atoms with Gasteiger partial charge in [0.15, 0.2) is 6.61 Å². The highest BCUT2D eigenvalue weighted by Gasteiger charge is 2.21. The van der Waals surface area contributed by atoms with Crippen molar-refractivity contribution in [2.75, 3.05) is 46.6 Å². The maximum atomic E-state index is 12.5. The highest BCUT2D eigenvalue weighted by Crippen LogP contribution is 2.13. The van der Waals surface area contributed by atoms with Crippen molar-refractivity contribution in [2.24, 2.45) is 5.92 Å².